The Balaban J connectivity index is 1.82. The predicted octanol–water partition coefficient (Wildman–Crippen LogP) is 1.55. The summed E-state index contributed by atoms with van der Waals surface area (Å²) in [5, 5.41) is 14.2. The predicted molar refractivity (Wildman–Crippen MR) is 94.5 cm³/mol. The fourth-order valence-electron chi connectivity index (χ4n) is 2.71. The lowest BCUT2D eigenvalue weighted by Crippen LogP contribution is -2.19. The normalized spacial score (nSPS) is 11.5. The third kappa shape index (κ3) is 3.07. The van der Waals surface area contributed by atoms with E-state index in [0.717, 1.165) is 16.5 Å². The van der Waals surface area contributed by atoms with Crippen LogP contribution in [0.5, 0.6) is 0 Å². The summed E-state index contributed by atoms with van der Waals surface area (Å²) in [5.41, 5.74) is 5.64. The van der Waals surface area contributed by atoms with Crippen molar-refractivity contribution < 1.29 is 5.11 Å². The van der Waals surface area contributed by atoms with Crippen LogP contribution >= 0.6 is 0 Å². The summed E-state index contributed by atoms with van der Waals surface area (Å²) in [7, 11) is 1.98. The van der Waals surface area contributed by atoms with Gasteiger partial charge < -0.3 is 9.67 Å². The van der Waals surface area contributed by atoms with E-state index in [4.69, 9.17) is 5.11 Å². The molecule has 0 unspecified atom stereocenters. The molecule has 0 aliphatic rings. The molecule has 0 spiro atoms. The summed E-state index contributed by atoms with van der Waals surface area (Å²) in [6.07, 6.45) is 3.97. The molecule has 0 saturated heterocycles. The molecule has 0 saturated carbocycles. The number of rotatable bonds is 5. The lowest BCUT2D eigenvalue weighted by atomic mass is 10.2. The van der Waals surface area contributed by atoms with Crippen LogP contribution in [0.15, 0.2) is 40.4 Å². The van der Waals surface area contributed by atoms with Crippen LogP contribution in [-0.2, 0) is 13.5 Å². The number of nitrogens with one attached hydrogen (secondary N) is 2. The summed E-state index contributed by atoms with van der Waals surface area (Å²) in [5.74, 6) is 0.274. The van der Waals surface area contributed by atoms with Crippen molar-refractivity contribution in [3.8, 4) is 0 Å². The number of para-hydroxylation sites is 1. The third-order valence-electron chi connectivity index (χ3n) is 3.89. The van der Waals surface area contributed by atoms with Gasteiger partial charge in [0.25, 0.3) is 5.56 Å². The number of aliphatic hydroxyl groups is 1. The molecule has 3 aromatic rings. The molecule has 0 aliphatic heterocycles. The van der Waals surface area contributed by atoms with Crippen LogP contribution in [0.2, 0.25) is 0 Å². The molecule has 0 amide bonds. The van der Waals surface area contributed by atoms with Crippen LogP contribution in [0.25, 0.3) is 10.9 Å². The van der Waals surface area contributed by atoms with Gasteiger partial charge in [-0.1, -0.05) is 18.2 Å². The SMILES string of the molecule is Cc1nc(N/N=C\c2cn(C)c3ccccc23)[nH]c(=O)c1CCO. The molecular weight excluding hydrogens is 306 g/mol. The number of anilines is 1. The van der Waals surface area contributed by atoms with Gasteiger partial charge in [0.2, 0.25) is 5.95 Å². The van der Waals surface area contributed by atoms with E-state index in [2.05, 4.69) is 20.5 Å². The second kappa shape index (κ2) is 6.67. The lowest BCUT2D eigenvalue weighted by Gasteiger charge is -2.05. The average Bonchev–Trinajstić information content (AvgIpc) is 2.88. The maximum Gasteiger partial charge on any atom is 0.255 e. The zero-order valence-corrected chi connectivity index (χ0v) is 13.6. The van der Waals surface area contributed by atoms with Gasteiger partial charge in [0.15, 0.2) is 0 Å². The largest absolute Gasteiger partial charge is 0.396 e. The highest BCUT2D eigenvalue weighted by atomic mass is 16.3. The van der Waals surface area contributed by atoms with E-state index in [1.54, 1.807) is 13.1 Å². The highest BCUT2D eigenvalue weighted by Crippen LogP contribution is 2.18. The van der Waals surface area contributed by atoms with Crippen LogP contribution in [0.4, 0.5) is 5.95 Å². The Morgan fingerprint density at radius 3 is 2.96 bits per heavy atom. The number of aryl methyl sites for hydroxylation is 2. The topological polar surface area (TPSA) is 95.3 Å². The van der Waals surface area contributed by atoms with Crippen molar-refractivity contribution in [2.45, 2.75) is 13.3 Å². The molecule has 124 valence electrons. The van der Waals surface area contributed by atoms with Crippen molar-refractivity contribution in [1.82, 2.24) is 14.5 Å². The number of hydrogen-bond acceptors (Lipinski definition) is 5. The summed E-state index contributed by atoms with van der Waals surface area (Å²) < 4.78 is 2.03. The van der Waals surface area contributed by atoms with E-state index >= 15 is 0 Å². The number of aromatic amines is 1. The van der Waals surface area contributed by atoms with Crippen LogP contribution in [0, 0.1) is 6.92 Å². The number of nitrogens with zero attached hydrogens (tertiary/aromatic N) is 3. The molecule has 0 aliphatic carbocycles. The van der Waals surface area contributed by atoms with Gasteiger partial charge in [-0.25, -0.2) is 10.4 Å². The van der Waals surface area contributed by atoms with Crippen molar-refractivity contribution in [2.75, 3.05) is 12.0 Å². The molecule has 2 aromatic heterocycles. The molecule has 1 aromatic carbocycles. The molecule has 3 rings (SSSR count). The molecule has 0 fully saturated rings. The highest BCUT2D eigenvalue weighted by molar-refractivity contribution is 5.99. The second-order valence-corrected chi connectivity index (χ2v) is 5.53. The van der Waals surface area contributed by atoms with E-state index in [-0.39, 0.29) is 24.5 Å². The minimum absolute atomic E-state index is 0.0857. The lowest BCUT2D eigenvalue weighted by molar-refractivity contribution is 0.298. The van der Waals surface area contributed by atoms with Crippen LogP contribution < -0.4 is 11.0 Å². The Morgan fingerprint density at radius 2 is 2.21 bits per heavy atom. The van der Waals surface area contributed by atoms with Crippen molar-refractivity contribution >= 4 is 23.1 Å². The van der Waals surface area contributed by atoms with Gasteiger partial charge in [0, 0.05) is 48.3 Å². The molecule has 7 heteroatoms. The molecule has 7 nitrogen and oxygen atoms in total. The zero-order chi connectivity index (χ0) is 17.1. The number of H-pyrrole nitrogens is 1. The molecule has 24 heavy (non-hydrogen) atoms. The van der Waals surface area contributed by atoms with Crippen LogP contribution in [0.1, 0.15) is 16.8 Å². The Labute approximate surface area is 138 Å². The molecule has 0 bridgehead atoms. The number of aromatic nitrogens is 3. The first kappa shape index (κ1) is 15.9. The maximum atomic E-state index is 12.0. The number of benzene rings is 1. The van der Waals surface area contributed by atoms with Gasteiger partial charge in [-0.15, -0.1) is 0 Å². The second-order valence-electron chi connectivity index (χ2n) is 5.53. The molecular formula is C17H19N5O2. The Kier molecular flexibility index (Phi) is 4.43. The Hall–Kier alpha value is -2.93. The van der Waals surface area contributed by atoms with Gasteiger partial charge in [0.1, 0.15) is 0 Å². The van der Waals surface area contributed by atoms with Gasteiger partial charge in [-0.05, 0) is 13.0 Å². The zero-order valence-electron chi connectivity index (χ0n) is 13.6. The minimum atomic E-state index is -0.264. The molecule has 0 radical (unpaired) electrons. The smallest absolute Gasteiger partial charge is 0.255 e. The van der Waals surface area contributed by atoms with E-state index < -0.39 is 0 Å². The first-order valence-electron chi connectivity index (χ1n) is 7.64. The summed E-state index contributed by atoms with van der Waals surface area (Å²) in [4.78, 5) is 18.8. The first-order valence-corrected chi connectivity index (χ1v) is 7.64. The van der Waals surface area contributed by atoms with Crippen molar-refractivity contribution in [1.29, 1.82) is 0 Å². The fraction of sp³-hybridized carbons (Fsp3) is 0.235. The summed E-state index contributed by atoms with van der Waals surface area (Å²) in [6.45, 7) is 1.65. The van der Waals surface area contributed by atoms with E-state index in [0.29, 0.717) is 11.3 Å². The van der Waals surface area contributed by atoms with Crippen LogP contribution in [0.3, 0.4) is 0 Å². The highest BCUT2D eigenvalue weighted by Gasteiger charge is 2.07. The van der Waals surface area contributed by atoms with Crippen molar-refractivity contribution in [3.05, 3.63) is 57.6 Å². The molecule has 0 atom stereocenters. The minimum Gasteiger partial charge on any atom is -0.396 e. The average molecular weight is 325 g/mol. The third-order valence-corrected chi connectivity index (χ3v) is 3.89. The number of fused-ring (bicyclic) bond motifs is 1. The van der Waals surface area contributed by atoms with E-state index in [1.807, 2.05) is 42.1 Å². The van der Waals surface area contributed by atoms with Crippen LogP contribution in [-0.4, -0.2) is 32.5 Å². The van der Waals surface area contributed by atoms with E-state index in [9.17, 15) is 4.79 Å². The molecule has 3 N–H and O–H groups in total. The van der Waals surface area contributed by atoms with Gasteiger partial charge >= 0.3 is 0 Å². The van der Waals surface area contributed by atoms with E-state index in [1.165, 1.54) is 0 Å². The van der Waals surface area contributed by atoms with Gasteiger partial charge in [-0.3, -0.25) is 9.78 Å². The Bertz CT molecular complexity index is 955. The fourth-order valence-corrected chi connectivity index (χ4v) is 2.71. The van der Waals surface area contributed by atoms with Crippen molar-refractivity contribution in [2.24, 2.45) is 12.1 Å². The number of aliphatic hydroxyl groups excluding tert-OH is 1. The molecule has 2 heterocycles. The standard InChI is InChI=1S/C17H19N5O2/c1-11-13(7-8-23)16(24)20-17(19-11)21-18-9-12-10-22(2)15-6-4-3-5-14(12)15/h3-6,9-10,23H,7-8H2,1-2H3,(H2,19,20,21,24)/b18-9-. The Morgan fingerprint density at radius 1 is 1.42 bits per heavy atom. The number of hydrazone groups is 1. The first-order chi connectivity index (χ1) is 11.6. The number of hydrogen-bond donors (Lipinski definition) is 3. The summed E-state index contributed by atoms with van der Waals surface area (Å²) in [6, 6.07) is 8.05. The maximum absolute atomic E-state index is 12.0. The van der Waals surface area contributed by atoms with Crippen molar-refractivity contribution in [3.63, 3.8) is 0 Å². The monoisotopic (exact) mass is 325 g/mol. The van der Waals surface area contributed by atoms with Gasteiger partial charge in [-0.2, -0.15) is 5.10 Å². The van der Waals surface area contributed by atoms with Gasteiger partial charge in [0.05, 0.1) is 11.9 Å². The summed E-state index contributed by atoms with van der Waals surface area (Å²) >= 11 is 0. The quantitative estimate of drug-likeness (QED) is 0.490.